The quantitative estimate of drug-likeness (QED) is 0.567. The Morgan fingerprint density at radius 1 is 0.963 bits per heavy atom. The van der Waals surface area contributed by atoms with Crippen LogP contribution in [-0.2, 0) is 16.4 Å². The van der Waals surface area contributed by atoms with Crippen molar-refractivity contribution < 1.29 is 13.5 Å². The van der Waals surface area contributed by atoms with Crippen molar-refractivity contribution in [2.75, 3.05) is 17.1 Å². The Hall–Kier alpha value is -1.85. The van der Waals surface area contributed by atoms with Crippen LogP contribution in [0.25, 0.3) is 0 Å². The standard InChI is InChI=1S/C22H31NO3S/c1-3-4-13-22(24)20-14-16-21(17-15-20)23(27(2,25)26)18-9-8-12-19-10-6-5-7-11-19/h5-7,10-11,14-17,22,24H,3-4,8-9,12-13,18H2,1-2H3. The molecule has 0 radical (unpaired) electrons. The Morgan fingerprint density at radius 3 is 2.22 bits per heavy atom. The molecule has 0 fully saturated rings. The summed E-state index contributed by atoms with van der Waals surface area (Å²) >= 11 is 0. The van der Waals surface area contributed by atoms with Gasteiger partial charge in [0.25, 0.3) is 0 Å². The maximum atomic E-state index is 12.2. The van der Waals surface area contributed by atoms with E-state index < -0.39 is 16.1 Å². The molecular formula is C22H31NO3S. The highest BCUT2D eigenvalue weighted by Gasteiger charge is 2.17. The molecule has 27 heavy (non-hydrogen) atoms. The Labute approximate surface area is 163 Å². The average molecular weight is 390 g/mol. The van der Waals surface area contributed by atoms with Crippen molar-refractivity contribution in [1.82, 2.24) is 0 Å². The van der Waals surface area contributed by atoms with Crippen molar-refractivity contribution in [2.45, 2.75) is 51.6 Å². The van der Waals surface area contributed by atoms with Gasteiger partial charge in [0.2, 0.25) is 10.0 Å². The largest absolute Gasteiger partial charge is 0.388 e. The Bertz CT molecular complexity index is 773. The molecular weight excluding hydrogens is 358 g/mol. The van der Waals surface area contributed by atoms with Crippen molar-refractivity contribution in [1.29, 1.82) is 0 Å². The van der Waals surface area contributed by atoms with Gasteiger partial charge in [-0.25, -0.2) is 8.42 Å². The zero-order valence-corrected chi connectivity index (χ0v) is 17.2. The van der Waals surface area contributed by atoms with Crippen molar-refractivity contribution in [3.63, 3.8) is 0 Å². The summed E-state index contributed by atoms with van der Waals surface area (Å²) in [5.41, 5.74) is 2.77. The fraction of sp³-hybridized carbons (Fsp3) is 0.455. The zero-order chi connectivity index (χ0) is 19.7. The lowest BCUT2D eigenvalue weighted by Gasteiger charge is -2.23. The van der Waals surface area contributed by atoms with Crippen LogP contribution in [0, 0.1) is 0 Å². The Morgan fingerprint density at radius 2 is 1.63 bits per heavy atom. The average Bonchev–Trinajstić information content (AvgIpc) is 2.66. The van der Waals surface area contributed by atoms with Crippen LogP contribution in [0.5, 0.6) is 0 Å². The van der Waals surface area contributed by atoms with Gasteiger partial charge in [0.15, 0.2) is 0 Å². The zero-order valence-electron chi connectivity index (χ0n) is 16.3. The van der Waals surface area contributed by atoms with E-state index in [0.29, 0.717) is 12.2 Å². The van der Waals surface area contributed by atoms with Gasteiger partial charge in [-0.05, 0) is 48.9 Å². The number of unbranched alkanes of at least 4 members (excludes halogenated alkanes) is 2. The van der Waals surface area contributed by atoms with Crippen LogP contribution in [0.1, 0.15) is 56.3 Å². The summed E-state index contributed by atoms with van der Waals surface area (Å²) in [6.45, 7) is 2.56. The number of nitrogens with zero attached hydrogens (tertiary/aromatic N) is 1. The predicted octanol–water partition coefficient (Wildman–Crippen LogP) is 4.70. The molecule has 2 rings (SSSR count). The van der Waals surface area contributed by atoms with E-state index >= 15 is 0 Å². The first kappa shape index (κ1) is 21.5. The minimum absolute atomic E-state index is 0.462. The predicted molar refractivity (Wildman–Crippen MR) is 112 cm³/mol. The highest BCUT2D eigenvalue weighted by Crippen LogP contribution is 2.24. The van der Waals surface area contributed by atoms with Crippen molar-refractivity contribution in [3.05, 3.63) is 65.7 Å². The number of rotatable bonds is 11. The smallest absolute Gasteiger partial charge is 0.232 e. The van der Waals surface area contributed by atoms with Gasteiger partial charge in [0.05, 0.1) is 18.0 Å². The molecule has 148 valence electrons. The van der Waals surface area contributed by atoms with E-state index in [1.165, 1.54) is 16.1 Å². The monoisotopic (exact) mass is 389 g/mol. The normalized spacial score (nSPS) is 12.7. The number of sulfonamides is 1. The number of anilines is 1. The summed E-state index contributed by atoms with van der Waals surface area (Å²) in [6, 6.07) is 17.5. The van der Waals surface area contributed by atoms with Gasteiger partial charge in [-0.1, -0.05) is 62.2 Å². The molecule has 1 unspecified atom stereocenters. The second-order valence-electron chi connectivity index (χ2n) is 7.03. The third kappa shape index (κ3) is 7.00. The lowest BCUT2D eigenvalue weighted by Crippen LogP contribution is -2.30. The summed E-state index contributed by atoms with van der Waals surface area (Å²) in [5, 5.41) is 10.2. The maximum absolute atomic E-state index is 12.2. The van der Waals surface area contributed by atoms with Gasteiger partial charge >= 0.3 is 0 Å². The molecule has 0 aliphatic heterocycles. The van der Waals surface area contributed by atoms with Crippen molar-refractivity contribution >= 4 is 15.7 Å². The number of aliphatic hydroxyl groups is 1. The summed E-state index contributed by atoms with van der Waals surface area (Å²) in [5.74, 6) is 0. The molecule has 0 aliphatic rings. The van der Waals surface area contributed by atoms with Gasteiger partial charge < -0.3 is 5.11 Å². The van der Waals surface area contributed by atoms with Crippen LogP contribution in [0.15, 0.2) is 54.6 Å². The fourth-order valence-electron chi connectivity index (χ4n) is 3.14. The third-order valence-electron chi connectivity index (χ3n) is 4.72. The Kier molecular flexibility index (Phi) is 8.32. The number of hydrogen-bond donors (Lipinski definition) is 1. The first-order valence-electron chi connectivity index (χ1n) is 9.71. The lowest BCUT2D eigenvalue weighted by atomic mass is 10.0. The second kappa shape index (κ2) is 10.5. The maximum Gasteiger partial charge on any atom is 0.232 e. The van der Waals surface area contributed by atoms with Gasteiger partial charge in [0.1, 0.15) is 0 Å². The van der Waals surface area contributed by atoms with E-state index in [4.69, 9.17) is 0 Å². The van der Waals surface area contributed by atoms with Crippen LogP contribution in [-0.4, -0.2) is 26.3 Å². The molecule has 2 aromatic rings. The summed E-state index contributed by atoms with van der Waals surface area (Å²) in [4.78, 5) is 0. The van der Waals surface area contributed by atoms with Crippen LogP contribution < -0.4 is 4.31 Å². The molecule has 0 saturated carbocycles. The summed E-state index contributed by atoms with van der Waals surface area (Å²) < 4.78 is 25.9. The van der Waals surface area contributed by atoms with Gasteiger partial charge in [-0.15, -0.1) is 0 Å². The Balaban J connectivity index is 1.97. The molecule has 5 heteroatoms. The van der Waals surface area contributed by atoms with Crippen LogP contribution in [0.4, 0.5) is 5.69 Å². The minimum Gasteiger partial charge on any atom is -0.388 e. The number of aliphatic hydroxyl groups excluding tert-OH is 1. The summed E-state index contributed by atoms with van der Waals surface area (Å²) in [7, 11) is -3.34. The third-order valence-corrected chi connectivity index (χ3v) is 5.91. The molecule has 0 aromatic heterocycles. The fourth-order valence-corrected chi connectivity index (χ4v) is 4.11. The van der Waals surface area contributed by atoms with Crippen molar-refractivity contribution in [3.8, 4) is 0 Å². The first-order chi connectivity index (χ1) is 12.9. The molecule has 0 aliphatic carbocycles. The topological polar surface area (TPSA) is 57.6 Å². The number of aryl methyl sites for hydroxylation is 1. The van der Waals surface area contributed by atoms with Crippen LogP contribution >= 0.6 is 0 Å². The molecule has 0 saturated heterocycles. The molecule has 2 aromatic carbocycles. The van der Waals surface area contributed by atoms with E-state index in [1.807, 2.05) is 30.3 Å². The highest BCUT2D eigenvalue weighted by molar-refractivity contribution is 7.92. The van der Waals surface area contributed by atoms with Crippen molar-refractivity contribution in [2.24, 2.45) is 0 Å². The van der Waals surface area contributed by atoms with Gasteiger partial charge in [-0.3, -0.25) is 4.31 Å². The van der Waals surface area contributed by atoms with E-state index in [9.17, 15) is 13.5 Å². The lowest BCUT2D eigenvalue weighted by molar-refractivity contribution is 0.164. The van der Waals surface area contributed by atoms with E-state index in [1.54, 1.807) is 12.1 Å². The van der Waals surface area contributed by atoms with E-state index in [0.717, 1.165) is 44.1 Å². The second-order valence-corrected chi connectivity index (χ2v) is 8.93. The highest BCUT2D eigenvalue weighted by atomic mass is 32.2. The molecule has 0 heterocycles. The van der Waals surface area contributed by atoms with E-state index in [2.05, 4.69) is 19.1 Å². The minimum atomic E-state index is -3.34. The van der Waals surface area contributed by atoms with Crippen LogP contribution in [0.2, 0.25) is 0 Å². The van der Waals surface area contributed by atoms with Gasteiger partial charge in [0, 0.05) is 6.54 Å². The SMILES string of the molecule is CCCCC(O)c1ccc(N(CCCCc2ccccc2)S(C)(=O)=O)cc1. The first-order valence-corrected chi connectivity index (χ1v) is 11.6. The molecule has 1 N–H and O–H groups in total. The van der Waals surface area contributed by atoms with E-state index in [-0.39, 0.29) is 0 Å². The van der Waals surface area contributed by atoms with Gasteiger partial charge in [-0.2, -0.15) is 0 Å². The number of benzene rings is 2. The number of hydrogen-bond acceptors (Lipinski definition) is 3. The molecule has 1 atom stereocenters. The summed E-state index contributed by atoms with van der Waals surface area (Å²) in [6.07, 6.45) is 6.17. The molecule has 4 nitrogen and oxygen atoms in total. The molecule has 0 bridgehead atoms. The molecule has 0 spiro atoms. The van der Waals surface area contributed by atoms with Crippen LogP contribution in [0.3, 0.4) is 0 Å². The molecule has 0 amide bonds.